The molecule has 190 valence electrons. The van der Waals surface area contributed by atoms with Crippen molar-refractivity contribution in [1.82, 2.24) is 0 Å². The Kier molecular flexibility index (Phi) is 11.2. The molecular weight excluding hydrogens is 432 g/mol. The summed E-state index contributed by atoms with van der Waals surface area (Å²) in [6.45, 7) is 20.4. The second kappa shape index (κ2) is 13.8. The lowest BCUT2D eigenvalue weighted by molar-refractivity contribution is 1.24. The zero-order valence-corrected chi connectivity index (χ0v) is 24.3. The minimum Gasteiger partial charge on any atom is -0.0683 e. The van der Waals surface area contributed by atoms with Crippen LogP contribution in [-0.2, 0) is 12.8 Å². The lowest BCUT2D eigenvalue weighted by Crippen LogP contribution is -1.86. The molecule has 0 fully saturated rings. The van der Waals surface area contributed by atoms with Gasteiger partial charge < -0.3 is 0 Å². The topological polar surface area (TPSA) is 0 Å². The third-order valence-corrected chi connectivity index (χ3v) is 6.41. The van der Waals surface area contributed by atoms with Gasteiger partial charge in [-0.25, -0.2) is 0 Å². The maximum absolute atomic E-state index is 2.40. The van der Waals surface area contributed by atoms with Gasteiger partial charge in [0.15, 0.2) is 0 Å². The first-order valence-corrected chi connectivity index (χ1v) is 14.1. The molecular formula is C36H46. The normalized spacial score (nSPS) is 10.8. The lowest BCUT2D eigenvalue weighted by atomic mass is 9.96. The average Bonchev–Trinajstić information content (AvgIpc) is 3.48. The van der Waals surface area contributed by atoms with Gasteiger partial charge in [-0.15, -0.1) is 0 Å². The molecule has 0 unspecified atom stereocenters. The summed E-state index contributed by atoms with van der Waals surface area (Å²) in [4.78, 5) is 0. The van der Waals surface area contributed by atoms with Gasteiger partial charge in [0.1, 0.15) is 0 Å². The lowest BCUT2D eigenvalue weighted by Gasteiger charge is -2.08. The van der Waals surface area contributed by atoms with Crippen molar-refractivity contribution in [2.75, 3.05) is 0 Å². The number of aryl methyl sites for hydroxylation is 2. The summed E-state index contributed by atoms with van der Waals surface area (Å²) in [6, 6.07) is 27.7. The molecule has 0 aliphatic heterocycles. The fourth-order valence-electron chi connectivity index (χ4n) is 5.04. The summed E-state index contributed by atoms with van der Waals surface area (Å²) in [6.07, 6.45) is 2.10. The van der Waals surface area contributed by atoms with Crippen LogP contribution in [0.2, 0.25) is 0 Å². The molecule has 0 heteroatoms. The maximum atomic E-state index is 2.40. The Morgan fingerprint density at radius 1 is 0.361 bits per heavy atom. The van der Waals surface area contributed by atoms with Crippen molar-refractivity contribution in [3.8, 4) is 33.4 Å². The van der Waals surface area contributed by atoms with Crippen LogP contribution in [-0.4, -0.2) is 0 Å². The first kappa shape index (κ1) is 29.1. The first-order chi connectivity index (χ1) is 17.7. The molecule has 2 aliphatic rings. The van der Waals surface area contributed by atoms with Gasteiger partial charge >= 0.3 is 0 Å². The average molecular weight is 479 g/mol. The predicted octanol–water partition coefficient (Wildman–Crippen LogP) is 11.2. The van der Waals surface area contributed by atoms with Crippen molar-refractivity contribution in [1.29, 1.82) is 0 Å². The van der Waals surface area contributed by atoms with Crippen LogP contribution in [0.4, 0.5) is 0 Å². The van der Waals surface area contributed by atoms with Crippen molar-refractivity contribution >= 4 is 0 Å². The first-order valence-electron chi connectivity index (χ1n) is 14.1. The van der Waals surface area contributed by atoms with Gasteiger partial charge in [-0.3, -0.25) is 0 Å². The molecule has 0 nitrogen and oxygen atoms in total. The van der Waals surface area contributed by atoms with E-state index in [9.17, 15) is 0 Å². The van der Waals surface area contributed by atoms with E-state index in [-0.39, 0.29) is 0 Å². The van der Waals surface area contributed by atoms with Gasteiger partial charge in [-0.2, -0.15) is 0 Å². The zero-order chi connectivity index (χ0) is 26.8. The second-order valence-corrected chi connectivity index (χ2v) is 8.42. The van der Waals surface area contributed by atoms with Gasteiger partial charge in [0, 0.05) is 0 Å². The predicted molar refractivity (Wildman–Crippen MR) is 163 cm³/mol. The molecule has 0 aromatic heterocycles. The van der Waals surface area contributed by atoms with Crippen LogP contribution >= 0.6 is 0 Å². The fourth-order valence-corrected chi connectivity index (χ4v) is 5.04. The molecule has 0 amide bonds. The van der Waals surface area contributed by atoms with Crippen LogP contribution in [0.25, 0.3) is 33.4 Å². The fraction of sp³-hybridized carbons (Fsp3) is 0.333. The van der Waals surface area contributed by atoms with Crippen LogP contribution < -0.4 is 0 Å². The van der Waals surface area contributed by atoms with Gasteiger partial charge in [0.25, 0.3) is 0 Å². The molecule has 0 spiro atoms. The number of benzene rings is 4. The Hall–Kier alpha value is -3.12. The summed E-state index contributed by atoms with van der Waals surface area (Å²) in [7, 11) is 0. The van der Waals surface area contributed by atoms with Crippen molar-refractivity contribution in [2.45, 2.75) is 82.1 Å². The highest BCUT2D eigenvalue weighted by Gasteiger charge is 2.21. The summed E-state index contributed by atoms with van der Waals surface area (Å²) >= 11 is 0. The summed E-state index contributed by atoms with van der Waals surface area (Å²) < 4.78 is 0. The summed E-state index contributed by atoms with van der Waals surface area (Å²) in [5.74, 6) is 0. The van der Waals surface area contributed by atoms with Crippen LogP contribution in [0.1, 0.15) is 88.8 Å². The van der Waals surface area contributed by atoms with Crippen molar-refractivity contribution < 1.29 is 0 Å². The van der Waals surface area contributed by atoms with E-state index in [1.807, 2.05) is 55.4 Å². The summed E-state index contributed by atoms with van der Waals surface area (Å²) in [5, 5.41) is 0. The van der Waals surface area contributed by atoms with Crippen molar-refractivity contribution in [3.05, 3.63) is 106 Å². The Morgan fingerprint density at radius 3 is 0.972 bits per heavy atom. The van der Waals surface area contributed by atoms with Crippen molar-refractivity contribution in [2.24, 2.45) is 0 Å². The minimum absolute atomic E-state index is 1.05. The minimum atomic E-state index is 1.05. The second-order valence-electron chi connectivity index (χ2n) is 8.42. The van der Waals surface area contributed by atoms with E-state index < -0.39 is 0 Å². The third kappa shape index (κ3) is 5.81. The highest BCUT2D eigenvalue weighted by molar-refractivity contribution is 5.83. The number of fused-ring (bicyclic) bond motifs is 6. The standard InChI is InChI=1S/C28H22.4C2H6/c1-17-3-7-25-21(11-17)15-23-13-19(5-9-27(23)25)20-6-10-28-24(14-20)16-22-12-18(2)4-8-26(22)28;4*1-2/h3-14H,15-16H2,1-2H3;4*1-2H3. The molecule has 6 rings (SSSR count). The summed E-state index contributed by atoms with van der Waals surface area (Å²) in [5.41, 5.74) is 16.8. The van der Waals surface area contributed by atoms with E-state index >= 15 is 0 Å². The molecule has 36 heavy (non-hydrogen) atoms. The highest BCUT2D eigenvalue weighted by Crippen LogP contribution is 2.41. The Balaban J connectivity index is 0.000000523. The molecule has 0 N–H and O–H groups in total. The molecule has 0 saturated carbocycles. The van der Waals surface area contributed by atoms with Crippen LogP contribution in [0.5, 0.6) is 0 Å². The van der Waals surface area contributed by atoms with E-state index in [0.29, 0.717) is 0 Å². The SMILES string of the molecule is CC.CC.CC.CC.Cc1ccc2c(c1)Cc1cc(-c3ccc4c(c3)Cc3cc(C)ccc3-4)ccc1-2. The van der Waals surface area contributed by atoms with E-state index in [1.54, 1.807) is 0 Å². The van der Waals surface area contributed by atoms with E-state index in [0.717, 1.165) is 12.8 Å². The number of hydrogen-bond acceptors (Lipinski definition) is 0. The van der Waals surface area contributed by atoms with Gasteiger partial charge in [0.05, 0.1) is 0 Å². The molecule has 2 aliphatic carbocycles. The van der Waals surface area contributed by atoms with Crippen LogP contribution in [0, 0.1) is 13.8 Å². The quantitative estimate of drug-likeness (QED) is 0.220. The molecule has 0 saturated heterocycles. The Morgan fingerprint density at radius 2 is 0.639 bits per heavy atom. The molecule has 0 atom stereocenters. The highest BCUT2D eigenvalue weighted by atomic mass is 14.2. The van der Waals surface area contributed by atoms with E-state index in [2.05, 4.69) is 86.6 Å². The smallest absolute Gasteiger partial charge is 0.00131 e. The van der Waals surface area contributed by atoms with E-state index in [1.165, 1.54) is 66.8 Å². The number of rotatable bonds is 1. The Labute approximate surface area is 221 Å². The van der Waals surface area contributed by atoms with Gasteiger partial charge in [0.2, 0.25) is 0 Å². The van der Waals surface area contributed by atoms with Gasteiger partial charge in [-0.05, 0) is 82.3 Å². The molecule has 0 bridgehead atoms. The molecule has 0 radical (unpaired) electrons. The van der Waals surface area contributed by atoms with Crippen molar-refractivity contribution in [3.63, 3.8) is 0 Å². The van der Waals surface area contributed by atoms with Gasteiger partial charge in [-0.1, -0.05) is 139 Å². The monoisotopic (exact) mass is 478 g/mol. The number of hydrogen-bond donors (Lipinski definition) is 0. The van der Waals surface area contributed by atoms with Crippen LogP contribution in [0.3, 0.4) is 0 Å². The Bertz CT molecular complexity index is 1170. The van der Waals surface area contributed by atoms with E-state index in [4.69, 9.17) is 0 Å². The maximum Gasteiger partial charge on any atom is -0.00131 e. The molecule has 4 aromatic rings. The van der Waals surface area contributed by atoms with Crippen LogP contribution in [0.15, 0.2) is 72.8 Å². The molecule has 0 heterocycles. The molecule has 4 aromatic carbocycles. The zero-order valence-electron chi connectivity index (χ0n) is 24.3. The largest absolute Gasteiger partial charge is 0.0683 e. The third-order valence-electron chi connectivity index (χ3n) is 6.41.